The van der Waals surface area contributed by atoms with Crippen molar-refractivity contribution in [3.63, 3.8) is 0 Å². The predicted molar refractivity (Wildman–Crippen MR) is 87.0 cm³/mol. The van der Waals surface area contributed by atoms with Crippen LogP contribution < -0.4 is 5.32 Å². The van der Waals surface area contributed by atoms with Gasteiger partial charge >= 0.3 is 5.97 Å². The average Bonchev–Trinajstić information content (AvgIpc) is 2.54. The maximum Gasteiger partial charge on any atom is 0.305 e. The molecular formula is C16H13ClN2O5. The first-order valence-corrected chi connectivity index (χ1v) is 7.27. The Bertz CT molecular complexity index is 776. The van der Waals surface area contributed by atoms with Crippen LogP contribution in [0.2, 0.25) is 5.02 Å². The number of aliphatic carboxylic acids is 1. The van der Waals surface area contributed by atoms with Crippen molar-refractivity contribution >= 4 is 29.2 Å². The first-order chi connectivity index (χ1) is 11.4. The van der Waals surface area contributed by atoms with Crippen molar-refractivity contribution < 1.29 is 19.6 Å². The number of carbonyl (C=O) groups is 2. The molecule has 0 spiro atoms. The van der Waals surface area contributed by atoms with Crippen molar-refractivity contribution in [2.75, 3.05) is 0 Å². The number of nitrogens with zero attached hydrogens (tertiary/aromatic N) is 1. The number of benzene rings is 2. The van der Waals surface area contributed by atoms with Crippen molar-refractivity contribution in [2.24, 2.45) is 0 Å². The van der Waals surface area contributed by atoms with Crippen molar-refractivity contribution in [3.8, 4) is 0 Å². The molecule has 0 saturated heterocycles. The number of nitro benzene ring substituents is 1. The zero-order valence-electron chi connectivity index (χ0n) is 12.3. The molecule has 24 heavy (non-hydrogen) atoms. The van der Waals surface area contributed by atoms with Gasteiger partial charge in [-0.25, -0.2) is 0 Å². The number of hydrogen-bond acceptors (Lipinski definition) is 4. The Morgan fingerprint density at radius 2 is 1.88 bits per heavy atom. The predicted octanol–water partition coefficient (Wildman–Crippen LogP) is 3.19. The fourth-order valence-electron chi connectivity index (χ4n) is 2.12. The minimum absolute atomic E-state index is 0.0774. The third kappa shape index (κ3) is 4.53. The smallest absolute Gasteiger partial charge is 0.305 e. The van der Waals surface area contributed by atoms with Crippen LogP contribution >= 0.6 is 11.6 Å². The number of halogens is 1. The van der Waals surface area contributed by atoms with E-state index < -0.39 is 22.8 Å². The van der Waals surface area contributed by atoms with Crippen molar-refractivity contribution in [1.82, 2.24) is 5.32 Å². The van der Waals surface area contributed by atoms with Crippen LogP contribution in [0.5, 0.6) is 0 Å². The Kier molecular flexibility index (Phi) is 5.49. The SMILES string of the molecule is O=C(O)C[C@H](NC(=O)c1cccc([N+](=O)[O-])c1)c1ccc(Cl)cc1. The molecule has 7 nitrogen and oxygen atoms in total. The van der Waals surface area contributed by atoms with Gasteiger partial charge in [-0.2, -0.15) is 0 Å². The van der Waals surface area contributed by atoms with E-state index in [0.29, 0.717) is 10.6 Å². The van der Waals surface area contributed by atoms with E-state index in [-0.39, 0.29) is 17.7 Å². The van der Waals surface area contributed by atoms with Crippen LogP contribution in [0.25, 0.3) is 0 Å². The van der Waals surface area contributed by atoms with E-state index in [4.69, 9.17) is 16.7 Å². The molecule has 0 aliphatic rings. The number of rotatable bonds is 6. The van der Waals surface area contributed by atoms with Gasteiger partial charge in [0.1, 0.15) is 0 Å². The Balaban J connectivity index is 2.24. The van der Waals surface area contributed by atoms with Crippen molar-refractivity contribution in [3.05, 3.63) is 74.8 Å². The molecule has 2 aromatic rings. The van der Waals surface area contributed by atoms with Crippen LogP contribution in [0.15, 0.2) is 48.5 Å². The van der Waals surface area contributed by atoms with Crippen LogP contribution in [-0.4, -0.2) is 21.9 Å². The average molecular weight is 349 g/mol. The summed E-state index contributed by atoms with van der Waals surface area (Å²) in [5.74, 6) is -1.69. The Hall–Kier alpha value is -2.93. The number of carbonyl (C=O) groups excluding carboxylic acids is 1. The summed E-state index contributed by atoms with van der Waals surface area (Å²) in [5.41, 5.74) is 0.429. The van der Waals surface area contributed by atoms with Gasteiger partial charge in [-0.1, -0.05) is 29.8 Å². The molecule has 0 aliphatic heterocycles. The molecular weight excluding hydrogens is 336 g/mol. The highest BCUT2D eigenvalue weighted by atomic mass is 35.5. The van der Waals surface area contributed by atoms with Gasteiger partial charge in [-0.05, 0) is 23.8 Å². The second-order valence-corrected chi connectivity index (χ2v) is 5.42. The molecule has 0 aromatic heterocycles. The molecule has 0 saturated carbocycles. The highest BCUT2D eigenvalue weighted by molar-refractivity contribution is 6.30. The molecule has 2 rings (SSSR count). The molecule has 1 amide bonds. The number of nitrogens with one attached hydrogen (secondary N) is 1. The van der Waals surface area contributed by atoms with E-state index in [1.165, 1.54) is 18.2 Å². The number of hydrogen-bond donors (Lipinski definition) is 2. The molecule has 0 bridgehead atoms. The lowest BCUT2D eigenvalue weighted by molar-refractivity contribution is -0.384. The normalized spacial score (nSPS) is 11.5. The van der Waals surface area contributed by atoms with Crippen molar-refractivity contribution in [2.45, 2.75) is 12.5 Å². The zero-order chi connectivity index (χ0) is 17.7. The van der Waals surface area contributed by atoms with Gasteiger partial charge in [0.05, 0.1) is 17.4 Å². The molecule has 8 heteroatoms. The maximum absolute atomic E-state index is 12.3. The minimum atomic E-state index is -1.09. The summed E-state index contributed by atoms with van der Waals surface area (Å²) in [4.78, 5) is 33.5. The summed E-state index contributed by atoms with van der Waals surface area (Å²) in [6.45, 7) is 0. The zero-order valence-corrected chi connectivity index (χ0v) is 13.1. The third-order valence-corrected chi connectivity index (χ3v) is 3.53. The Labute approximate surface area is 142 Å². The molecule has 2 aromatic carbocycles. The number of non-ortho nitro benzene ring substituents is 1. The summed E-state index contributed by atoms with van der Waals surface area (Å²) in [6.07, 6.45) is -0.331. The lowest BCUT2D eigenvalue weighted by Gasteiger charge is -2.17. The van der Waals surface area contributed by atoms with Crippen molar-refractivity contribution in [1.29, 1.82) is 0 Å². The van der Waals surface area contributed by atoms with E-state index in [2.05, 4.69) is 5.32 Å². The topological polar surface area (TPSA) is 110 Å². The highest BCUT2D eigenvalue weighted by Crippen LogP contribution is 2.21. The van der Waals surface area contributed by atoms with Gasteiger partial charge in [-0.3, -0.25) is 19.7 Å². The van der Waals surface area contributed by atoms with Gasteiger partial charge in [0.2, 0.25) is 0 Å². The van der Waals surface area contributed by atoms with Gasteiger partial charge in [0.25, 0.3) is 11.6 Å². The molecule has 1 atom stereocenters. The van der Waals surface area contributed by atoms with E-state index in [1.54, 1.807) is 24.3 Å². The van der Waals surface area contributed by atoms with Crippen LogP contribution in [-0.2, 0) is 4.79 Å². The van der Waals surface area contributed by atoms with Gasteiger partial charge in [0, 0.05) is 22.7 Å². The van der Waals surface area contributed by atoms with Crippen LogP contribution in [0.3, 0.4) is 0 Å². The van der Waals surface area contributed by atoms with E-state index >= 15 is 0 Å². The molecule has 0 radical (unpaired) electrons. The Morgan fingerprint density at radius 1 is 1.21 bits per heavy atom. The molecule has 2 N–H and O–H groups in total. The van der Waals surface area contributed by atoms with Gasteiger partial charge in [0.15, 0.2) is 0 Å². The van der Waals surface area contributed by atoms with Crippen LogP contribution in [0.1, 0.15) is 28.4 Å². The molecule has 0 aliphatic carbocycles. The fraction of sp³-hybridized carbons (Fsp3) is 0.125. The lowest BCUT2D eigenvalue weighted by Crippen LogP contribution is -2.30. The summed E-state index contributed by atoms with van der Waals surface area (Å²) >= 11 is 5.80. The summed E-state index contributed by atoms with van der Waals surface area (Å²) in [6, 6.07) is 10.8. The van der Waals surface area contributed by atoms with Gasteiger partial charge in [-0.15, -0.1) is 0 Å². The largest absolute Gasteiger partial charge is 0.481 e. The highest BCUT2D eigenvalue weighted by Gasteiger charge is 2.20. The first-order valence-electron chi connectivity index (χ1n) is 6.89. The second kappa shape index (κ2) is 7.56. The van der Waals surface area contributed by atoms with E-state index in [1.807, 2.05) is 0 Å². The van der Waals surface area contributed by atoms with Crippen LogP contribution in [0.4, 0.5) is 5.69 Å². The molecule has 0 heterocycles. The quantitative estimate of drug-likeness (QED) is 0.615. The standard InChI is InChI=1S/C16H13ClN2O5/c17-12-6-4-10(5-7-12)14(9-15(20)21)18-16(22)11-2-1-3-13(8-11)19(23)24/h1-8,14H,9H2,(H,18,22)(H,20,21)/t14-/m0/s1. The number of carboxylic acid groups (broad SMARTS) is 1. The fourth-order valence-corrected chi connectivity index (χ4v) is 2.25. The number of carboxylic acids is 1. The monoisotopic (exact) mass is 348 g/mol. The second-order valence-electron chi connectivity index (χ2n) is 4.98. The summed E-state index contributed by atoms with van der Waals surface area (Å²) in [7, 11) is 0. The minimum Gasteiger partial charge on any atom is -0.481 e. The van der Waals surface area contributed by atoms with E-state index in [9.17, 15) is 19.7 Å². The van der Waals surface area contributed by atoms with Gasteiger partial charge < -0.3 is 10.4 Å². The number of nitro groups is 1. The Morgan fingerprint density at radius 3 is 2.46 bits per heavy atom. The lowest BCUT2D eigenvalue weighted by atomic mass is 10.0. The van der Waals surface area contributed by atoms with Crippen LogP contribution in [0, 0.1) is 10.1 Å². The number of amides is 1. The third-order valence-electron chi connectivity index (χ3n) is 3.28. The molecule has 0 unspecified atom stereocenters. The first kappa shape index (κ1) is 17.4. The summed E-state index contributed by atoms with van der Waals surface area (Å²) in [5, 5.41) is 22.9. The summed E-state index contributed by atoms with van der Waals surface area (Å²) < 4.78 is 0. The molecule has 124 valence electrons. The maximum atomic E-state index is 12.3. The van der Waals surface area contributed by atoms with E-state index in [0.717, 1.165) is 6.07 Å². The molecule has 0 fully saturated rings.